The van der Waals surface area contributed by atoms with Crippen LogP contribution in [0, 0.1) is 5.82 Å². The number of fused-ring (bicyclic) bond motifs is 2. The Morgan fingerprint density at radius 3 is 2.09 bits per heavy atom. The van der Waals surface area contributed by atoms with Crippen LogP contribution in [0.5, 0.6) is 0 Å². The number of anilines is 1. The molecule has 0 radical (unpaired) electrons. The highest BCUT2D eigenvalue weighted by Crippen LogP contribution is 2.47. The van der Waals surface area contributed by atoms with E-state index < -0.39 is 11.9 Å². The molecule has 0 unspecified atom stereocenters. The average Bonchev–Trinajstić information content (AvgIpc) is 3.22. The monoisotopic (exact) mass is 478 g/mol. The number of carbonyl (C=O) groups is 2. The van der Waals surface area contributed by atoms with Crippen LogP contribution >= 0.6 is 0 Å². The van der Waals surface area contributed by atoms with Gasteiger partial charge in [0, 0.05) is 55.5 Å². The van der Waals surface area contributed by atoms with Gasteiger partial charge in [0.15, 0.2) is 0 Å². The number of hydrogen-bond acceptors (Lipinski definition) is 4. The van der Waals surface area contributed by atoms with E-state index in [0.717, 1.165) is 31.9 Å². The van der Waals surface area contributed by atoms with Crippen LogP contribution < -0.4 is 4.90 Å². The third-order valence-corrected chi connectivity index (χ3v) is 7.32. The van der Waals surface area contributed by atoms with E-state index in [2.05, 4.69) is 46.2 Å². The molecule has 0 bridgehead atoms. The smallest absolute Gasteiger partial charge is 0.328 e. The first kappa shape index (κ1) is 24.7. The molecule has 3 aliphatic rings. The van der Waals surface area contributed by atoms with E-state index >= 15 is 0 Å². The van der Waals surface area contributed by atoms with Crippen molar-refractivity contribution in [2.75, 3.05) is 31.1 Å². The van der Waals surface area contributed by atoms with Gasteiger partial charge in [-0.1, -0.05) is 36.4 Å². The zero-order valence-corrected chi connectivity index (χ0v) is 19.6. The maximum atomic E-state index is 13.1. The third-order valence-electron chi connectivity index (χ3n) is 7.32. The lowest BCUT2D eigenvalue weighted by Gasteiger charge is -2.45. The van der Waals surface area contributed by atoms with Gasteiger partial charge in [-0.15, -0.1) is 0 Å². The topological polar surface area (TPSA) is 81.1 Å². The van der Waals surface area contributed by atoms with E-state index in [4.69, 9.17) is 10.2 Å². The second-order valence-electron chi connectivity index (χ2n) is 9.32. The largest absolute Gasteiger partial charge is 0.478 e. The molecule has 2 fully saturated rings. The summed E-state index contributed by atoms with van der Waals surface area (Å²) < 4.78 is 13.1. The van der Waals surface area contributed by atoms with Crippen LogP contribution in [0.15, 0.2) is 66.8 Å². The molecule has 35 heavy (non-hydrogen) atoms. The standard InChI is InChI=1S/C24H27FN2.C4H4O4/c25-20-5-7-21(8-6-20)26-15-17-27(18-16-26)22-10-13-24(14-11-22)12-9-19-3-1-2-4-23(19)24;5-3(6)1-2-4(7)8/h1-9,12,22H,10-11,13-18H2;1-2H,(H,5,6)(H,7,8)/b;2-1-. The molecular weight excluding hydrogens is 447 g/mol. The number of piperazine rings is 1. The van der Waals surface area contributed by atoms with Gasteiger partial charge in [0.2, 0.25) is 0 Å². The van der Waals surface area contributed by atoms with Crippen molar-refractivity contribution >= 4 is 23.7 Å². The second kappa shape index (κ2) is 10.9. The molecule has 184 valence electrons. The van der Waals surface area contributed by atoms with Gasteiger partial charge in [-0.3, -0.25) is 4.90 Å². The first-order valence-corrected chi connectivity index (χ1v) is 12.0. The minimum atomic E-state index is -1.26. The summed E-state index contributed by atoms with van der Waals surface area (Å²) in [5.74, 6) is -2.67. The molecule has 2 aliphatic carbocycles. The highest BCUT2D eigenvalue weighted by molar-refractivity contribution is 5.89. The summed E-state index contributed by atoms with van der Waals surface area (Å²) >= 11 is 0. The lowest BCUT2D eigenvalue weighted by Crippen LogP contribution is -2.52. The van der Waals surface area contributed by atoms with Gasteiger partial charge in [0.05, 0.1) is 0 Å². The van der Waals surface area contributed by atoms with Gasteiger partial charge in [-0.2, -0.15) is 0 Å². The number of halogens is 1. The summed E-state index contributed by atoms with van der Waals surface area (Å²) in [5.41, 5.74) is 4.41. The van der Waals surface area contributed by atoms with Crippen LogP contribution in [0.1, 0.15) is 36.8 Å². The first-order valence-electron chi connectivity index (χ1n) is 12.0. The van der Waals surface area contributed by atoms with Crippen molar-refractivity contribution in [1.82, 2.24) is 4.90 Å². The summed E-state index contributed by atoms with van der Waals surface area (Å²) in [4.78, 5) is 24.2. The second-order valence-corrected chi connectivity index (χ2v) is 9.32. The molecule has 6 nitrogen and oxygen atoms in total. The summed E-state index contributed by atoms with van der Waals surface area (Å²) in [5, 5.41) is 15.6. The van der Waals surface area contributed by atoms with E-state index in [1.54, 1.807) is 17.7 Å². The fourth-order valence-electron chi connectivity index (χ4n) is 5.49. The van der Waals surface area contributed by atoms with Crippen molar-refractivity contribution in [3.05, 3.63) is 83.7 Å². The molecule has 7 heteroatoms. The van der Waals surface area contributed by atoms with Crippen LogP contribution in [0.3, 0.4) is 0 Å². The van der Waals surface area contributed by atoms with Crippen molar-refractivity contribution < 1.29 is 24.2 Å². The Labute approximate surface area is 205 Å². The van der Waals surface area contributed by atoms with Crippen molar-refractivity contribution in [2.24, 2.45) is 0 Å². The van der Waals surface area contributed by atoms with Crippen LogP contribution in [0.2, 0.25) is 0 Å². The van der Waals surface area contributed by atoms with Gasteiger partial charge >= 0.3 is 11.9 Å². The Hall–Kier alpha value is -3.45. The number of allylic oxidation sites excluding steroid dienone is 1. The molecule has 2 aromatic rings. The highest BCUT2D eigenvalue weighted by atomic mass is 19.1. The molecule has 2 aromatic carbocycles. The third kappa shape index (κ3) is 5.98. The molecule has 1 saturated carbocycles. The fraction of sp³-hybridized carbons (Fsp3) is 0.357. The van der Waals surface area contributed by atoms with Crippen LogP contribution in [0.4, 0.5) is 10.1 Å². The summed E-state index contributed by atoms with van der Waals surface area (Å²) in [6.07, 6.45) is 11.0. The van der Waals surface area contributed by atoms with Crippen molar-refractivity contribution in [1.29, 1.82) is 0 Å². The van der Waals surface area contributed by atoms with Crippen molar-refractivity contribution in [2.45, 2.75) is 37.1 Å². The summed E-state index contributed by atoms with van der Waals surface area (Å²) in [6, 6.07) is 16.6. The van der Waals surface area contributed by atoms with E-state index in [9.17, 15) is 14.0 Å². The number of carboxylic acids is 2. The highest BCUT2D eigenvalue weighted by Gasteiger charge is 2.40. The Balaban J connectivity index is 0.000000314. The predicted octanol–water partition coefficient (Wildman–Crippen LogP) is 4.57. The van der Waals surface area contributed by atoms with Gasteiger partial charge < -0.3 is 15.1 Å². The molecule has 1 heterocycles. The minimum absolute atomic E-state index is 0.156. The molecule has 1 spiro atoms. The normalized spacial score (nSPS) is 23.7. The maximum Gasteiger partial charge on any atom is 0.328 e. The molecule has 0 amide bonds. The lowest BCUT2D eigenvalue weighted by atomic mass is 9.69. The number of benzene rings is 2. The van der Waals surface area contributed by atoms with Crippen LogP contribution in [-0.4, -0.2) is 59.3 Å². The van der Waals surface area contributed by atoms with Gasteiger partial charge in [0.1, 0.15) is 5.82 Å². The van der Waals surface area contributed by atoms with E-state index in [-0.39, 0.29) is 5.82 Å². The van der Waals surface area contributed by atoms with E-state index in [1.807, 2.05) is 12.1 Å². The van der Waals surface area contributed by atoms with Gasteiger partial charge in [-0.05, 0) is 61.1 Å². The fourth-order valence-corrected chi connectivity index (χ4v) is 5.49. The van der Waals surface area contributed by atoms with E-state index in [1.165, 1.54) is 31.2 Å². The Morgan fingerprint density at radius 2 is 1.49 bits per heavy atom. The molecule has 0 aromatic heterocycles. The Kier molecular flexibility index (Phi) is 7.66. The number of hydrogen-bond donors (Lipinski definition) is 2. The molecule has 2 N–H and O–H groups in total. The first-order chi connectivity index (χ1) is 16.9. The lowest BCUT2D eigenvalue weighted by molar-refractivity contribution is -0.134. The SMILES string of the molecule is Fc1ccc(N2CCN(C3CCC4(C=Cc5ccccc54)CC3)CC2)cc1.O=C(O)/C=C\C(=O)O. The van der Waals surface area contributed by atoms with Crippen molar-refractivity contribution in [3.63, 3.8) is 0 Å². The number of carboxylic acid groups (broad SMARTS) is 2. The molecule has 5 rings (SSSR count). The molecule has 0 atom stereocenters. The number of nitrogens with zero attached hydrogens (tertiary/aromatic N) is 2. The Bertz CT molecular complexity index is 1080. The quantitative estimate of drug-likeness (QED) is 0.627. The van der Waals surface area contributed by atoms with E-state index in [0.29, 0.717) is 23.6 Å². The summed E-state index contributed by atoms with van der Waals surface area (Å²) in [7, 11) is 0. The van der Waals surface area contributed by atoms with Crippen LogP contribution in [-0.2, 0) is 15.0 Å². The zero-order chi connectivity index (χ0) is 24.8. The Morgan fingerprint density at radius 1 is 0.886 bits per heavy atom. The number of aliphatic carboxylic acids is 2. The zero-order valence-electron chi connectivity index (χ0n) is 19.6. The number of rotatable bonds is 4. The van der Waals surface area contributed by atoms with Crippen LogP contribution in [0.25, 0.3) is 6.08 Å². The van der Waals surface area contributed by atoms with Gasteiger partial charge in [0.25, 0.3) is 0 Å². The van der Waals surface area contributed by atoms with Crippen molar-refractivity contribution in [3.8, 4) is 0 Å². The molecule has 1 saturated heterocycles. The maximum absolute atomic E-state index is 13.1. The van der Waals surface area contributed by atoms with Gasteiger partial charge in [-0.25, -0.2) is 14.0 Å². The average molecular weight is 479 g/mol. The minimum Gasteiger partial charge on any atom is -0.478 e. The summed E-state index contributed by atoms with van der Waals surface area (Å²) in [6.45, 7) is 4.30. The molecule has 1 aliphatic heterocycles. The molecular formula is C28H31FN2O4. The predicted molar refractivity (Wildman–Crippen MR) is 134 cm³/mol.